The first-order chi connectivity index (χ1) is 9.01. The summed E-state index contributed by atoms with van der Waals surface area (Å²) in [6.45, 7) is 1.83. The molecule has 4 nitrogen and oxygen atoms in total. The predicted molar refractivity (Wildman–Crippen MR) is 73.0 cm³/mol. The first kappa shape index (κ1) is 13.8. The Hall–Kier alpha value is -1.59. The molecule has 2 rings (SSSR count). The smallest absolute Gasteiger partial charge is 0.224 e. The highest BCUT2D eigenvalue weighted by Crippen LogP contribution is 2.33. The van der Waals surface area contributed by atoms with Gasteiger partial charge in [0.1, 0.15) is 5.75 Å². The summed E-state index contributed by atoms with van der Waals surface area (Å²) in [5, 5.41) is 3.32. The maximum Gasteiger partial charge on any atom is 0.224 e. The number of hydrogen-bond acceptors (Lipinski definition) is 4. The van der Waals surface area contributed by atoms with Gasteiger partial charge in [-0.25, -0.2) is 9.37 Å². The van der Waals surface area contributed by atoms with Crippen LogP contribution < -0.4 is 10.1 Å². The third kappa shape index (κ3) is 3.05. The van der Waals surface area contributed by atoms with Crippen molar-refractivity contribution in [2.45, 2.75) is 6.92 Å². The highest BCUT2D eigenvalue weighted by molar-refractivity contribution is 6.31. The van der Waals surface area contributed by atoms with Gasteiger partial charge in [-0.2, -0.15) is 4.98 Å². The van der Waals surface area contributed by atoms with Gasteiger partial charge in [-0.3, -0.25) is 0 Å². The van der Waals surface area contributed by atoms with E-state index in [2.05, 4.69) is 15.3 Å². The number of hydrogen-bond donors (Lipinski definition) is 1. The Morgan fingerprint density at radius 2 is 2.05 bits per heavy atom. The number of rotatable bonds is 3. The van der Waals surface area contributed by atoms with Crippen LogP contribution in [-0.2, 0) is 0 Å². The first-order valence-corrected chi connectivity index (χ1v) is 6.06. The van der Waals surface area contributed by atoms with Gasteiger partial charge in [0.15, 0.2) is 11.6 Å². The van der Waals surface area contributed by atoms with E-state index in [4.69, 9.17) is 27.9 Å². The first-order valence-electron chi connectivity index (χ1n) is 5.30. The molecule has 0 aliphatic carbocycles. The molecule has 0 aliphatic rings. The summed E-state index contributed by atoms with van der Waals surface area (Å²) < 4.78 is 18.7. The summed E-state index contributed by atoms with van der Waals surface area (Å²) in [7, 11) is 1.50. The molecule has 1 N–H and O–H groups in total. The van der Waals surface area contributed by atoms with Crippen LogP contribution in [-0.4, -0.2) is 17.1 Å². The fourth-order valence-corrected chi connectivity index (χ4v) is 1.78. The zero-order valence-corrected chi connectivity index (χ0v) is 11.7. The van der Waals surface area contributed by atoms with Crippen LogP contribution in [0.25, 0.3) is 0 Å². The molecule has 0 atom stereocenters. The van der Waals surface area contributed by atoms with Crippen molar-refractivity contribution in [2.24, 2.45) is 0 Å². The van der Waals surface area contributed by atoms with Gasteiger partial charge >= 0.3 is 0 Å². The molecule has 19 heavy (non-hydrogen) atoms. The highest BCUT2D eigenvalue weighted by Gasteiger charge is 2.11. The molecule has 0 saturated carbocycles. The van der Waals surface area contributed by atoms with Gasteiger partial charge in [-0.05, 0) is 30.2 Å². The largest absolute Gasteiger partial charge is 0.495 e. The van der Waals surface area contributed by atoms with Crippen molar-refractivity contribution in [3.63, 3.8) is 0 Å². The lowest BCUT2D eigenvalue weighted by atomic mass is 10.2. The molecule has 0 unspecified atom stereocenters. The minimum absolute atomic E-state index is 0.0278. The Morgan fingerprint density at radius 1 is 1.32 bits per heavy atom. The van der Waals surface area contributed by atoms with E-state index in [9.17, 15) is 4.39 Å². The maximum absolute atomic E-state index is 13.6. The van der Waals surface area contributed by atoms with E-state index >= 15 is 0 Å². The van der Waals surface area contributed by atoms with Gasteiger partial charge in [0, 0.05) is 11.1 Å². The Kier molecular flexibility index (Phi) is 4.07. The van der Waals surface area contributed by atoms with Gasteiger partial charge in [-0.15, -0.1) is 0 Å². The summed E-state index contributed by atoms with van der Waals surface area (Å²) >= 11 is 11.6. The average Bonchev–Trinajstić information content (AvgIpc) is 2.38. The lowest BCUT2D eigenvalue weighted by molar-refractivity contribution is 0.416. The van der Waals surface area contributed by atoms with Crippen LogP contribution in [0.5, 0.6) is 5.75 Å². The van der Waals surface area contributed by atoms with E-state index in [1.54, 1.807) is 12.1 Å². The molecule has 1 aromatic heterocycles. The Balaban J connectivity index is 2.42. The zero-order chi connectivity index (χ0) is 14.0. The molecule has 0 radical (unpaired) electrons. The second-order valence-corrected chi connectivity index (χ2v) is 4.51. The lowest BCUT2D eigenvalue weighted by Crippen LogP contribution is -2.01. The topological polar surface area (TPSA) is 47.0 Å². The second kappa shape index (κ2) is 5.59. The van der Waals surface area contributed by atoms with E-state index in [-0.39, 0.29) is 11.1 Å². The number of nitrogens with one attached hydrogen (secondary N) is 1. The summed E-state index contributed by atoms with van der Waals surface area (Å²) in [6.07, 6.45) is 0.993. The van der Waals surface area contributed by atoms with E-state index < -0.39 is 5.82 Å². The molecule has 0 amide bonds. The number of aryl methyl sites for hydroxylation is 1. The van der Waals surface area contributed by atoms with E-state index in [0.717, 1.165) is 11.8 Å². The average molecular weight is 302 g/mol. The van der Waals surface area contributed by atoms with Gasteiger partial charge in [0.2, 0.25) is 5.28 Å². The van der Waals surface area contributed by atoms with Crippen LogP contribution in [0.1, 0.15) is 5.56 Å². The van der Waals surface area contributed by atoms with Crippen molar-refractivity contribution in [1.29, 1.82) is 0 Å². The summed E-state index contributed by atoms with van der Waals surface area (Å²) in [6, 6.07) is 3.37. The minimum atomic E-state index is -0.612. The highest BCUT2D eigenvalue weighted by atomic mass is 35.5. The number of methoxy groups -OCH3 is 1. The van der Waals surface area contributed by atoms with E-state index in [1.807, 2.05) is 6.92 Å². The predicted octanol–water partition coefficient (Wildman–Crippen LogP) is 3.98. The number of benzene rings is 1. The molecule has 0 fully saturated rings. The fraction of sp³-hybridized carbons (Fsp3) is 0.167. The van der Waals surface area contributed by atoms with Crippen molar-refractivity contribution in [1.82, 2.24) is 9.97 Å². The molecule has 100 valence electrons. The van der Waals surface area contributed by atoms with Crippen molar-refractivity contribution >= 4 is 34.7 Å². The van der Waals surface area contributed by atoms with Crippen LogP contribution in [0.2, 0.25) is 10.3 Å². The van der Waals surface area contributed by atoms with Gasteiger partial charge in [0.05, 0.1) is 19.0 Å². The second-order valence-electron chi connectivity index (χ2n) is 3.76. The number of halogens is 3. The van der Waals surface area contributed by atoms with Crippen LogP contribution in [0.15, 0.2) is 18.3 Å². The van der Waals surface area contributed by atoms with Crippen molar-refractivity contribution in [3.8, 4) is 5.75 Å². The Labute approximate surface area is 119 Å². The summed E-state index contributed by atoms with van der Waals surface area (Å²) in [4.78, 5) is 7.32. The number of aromatic nitrogens is 2. The standard InChI is InChI=1S/C12H10Cl2FN3O/c1-6-3-9(10(19-2)4-7(6)13)17-11-8(15)5-16-12(14)18-11/h3-5H,1-2H3,(H,16,17,18). The van der Waals surface area contributed by atoms with Crippen molar-refractivity contribution in [3.05, 3.63) is 40.0 Å². The SMILES string of the molecule is COc1cc(Cl)c(C)cc1Nc1nc(Cl)ncc1F. The van der Waals surface area contributed by atoms with Crippen LogP contribution in [0.3, 0.4) is 0 Å². The van der Waals surface area contributed by atoms with Crippen molar-refractivity contribution < 1.29 is 9.13 Å². The van der Waals surface area contributed by atoms with Crippen LogP contribution in [0.4, 0.5) is 15.9 Å². The monoisotopic (exact) mass is 301 g/mol. The van der Waals surface area contributed by atoms with Gasteiger partial charge < -0.3 is 10.1 Å². The third-order valence-corrected chi connectivity index (χ3v) is 3.04. The van der Waals surface area contributed by atoms with Crippen LogP contribution in [0, 0.1) is 12.7 Å². The van der Waals surface area contributed by atoms with Gasteiger partial charge in [0.25, 0.3) is 0 Å². The molecule has 7 heteroatoms. The quantitative estimate of drug-likeness (QED) is 0.871. The van der Waals surface area contributed by atoms with Gasteiger partial charge in [-0.1, -0.05) is 11.6 Å². The zero-order valence-electron chi connectivity index (χ0n) is 10.2. The summed E-state index contributed by atoms with van der Waals surface area (Å²) in [5.41, 5.74) is 1.36. The fourth-order valence-electron chi connectivity index (χ4n) is 1.49. The van der Waals surface area contributed by atoms with E-state index in [0.29, 0.717) is 16.5 Å². The molecule has 1 heterocycles. The molecule has 0 bridgehead atoms. The lowest BCUT2D eigenvalue weighted by Gasteiger charge is -2.13. The minimum Gasteiger partial charge on any atom is -0.495 e. The van der Waals surface area contributed by atoms with Crippen LogP contribution >= 0.6 is 23.2 Å². The normalized spacial score (nSPS) is 10.4. The third-order valence-electron chi connectivity index (χ3n) is 2.45. The molecular formula is C12H10Cl2FN3O. The number of nitrogens with zero attached hydrogens (tertiary/aromatic N) is 2. The van der Waals surface area contributed by atoms with E-state index in [1.165, 1.54) is 7.11 Å². The number of anilines is 2. The molecule has 1 aromatic carbocycles. The Bertz CT molecular complexity index is 622. The van der Waals surface area contributed by atoms with Crippen molar-refractivity contribution in [2.75, 3.05) is 12.4 Å². The molecule has 0 spiro atoms. The Morgan fingerprint density at radius 3 is 2.74 bits per heavy atom. The summed E-state index contributed by atoms with van der Waals surface area (Å²) in [5.74, 6) is -0.163. The molecular weight excluding hydrogens is 292 g/mol. The molecule has 0 aliphatic heterocycles. The maximum atomic E-state index is 13.6. The molecule has 0 saturated heterocycles. The number of ether oxygens (including phenoxy) is 1. The molecule has 2 aromatic rings.